The van der Waals surface area contributed by atoms with Crippen LogP contribution in [0.4, 0.5) is 10.5 Å². The van der Waals surface area contributed by atoms with Gasteiger partial charge in [-0.15, -0.1) is 0 Å². The zero-order valence-electron chi connectivity index (χ0n) is 17.9. The molecular weight excluding hydrogens is 426 g/mol. The number of ether oxygens (including phenoxy) is 3. The van der Waals surface area contributed by atoms with Gasteiger partial charge in [0.1, 0.15) is 30.5 Å². The topological polar surface area (TPSA) is 124 Å². The van der Waals surface area contributed by atoms with Crippen molar-refractivity contribution < 1.29 is 28.9 Å². The number of carbonyl (C=O) groups is 2. The van der Waals surface area contributed by atoms with Crippen LogP contribution in [0.25, 0.3) is 10.8 Å². The van der Waals surface area contributed by atoms with Crippen molar-refractivity contribution in [2.75, 3.05) is 31.7 Å². The van der Waals surface area contributed by atoms with E-state index in [1.54, 1.807) is 31.4 Å². The molecule has 1 unspecified atom stereocenters. The van der Waals surface area contributed by atoms with E-state index in [0.29, 0.717) is 23.5 Å². The van der Waals surface area contributed by atoms with Gasteiger partial charge in [0.25, 0.3) is 0 Å². The summed E-state index contributed by atoms with van der Waals surface area (Å²) in [6.45, 7) is 0.154. The molecule has 0 saturated carbocycles. The molecular formula is C24H23N3O6. The van der Waals surface area contributed by atoms with Gasteiger partial charge in [0.15, 0.2) is 6.10 Å². The molecule has 0 radical (unpaired) electrons. The number of methoxy groups -OCH3 is 1. The predicted molar refractivity (Wildman–Crippen MR) is 123 cm³/mol. The third kappa shape index (κ3) is 5.15. The quantitative estimate of drug-likeness (QED) is 0.400. The summed E-state index contributed by atoms with van der Waals surface area (Å²) in [5.74, 6) is 0.527. The lowest BCUT2D eigenvalue weighted by atomic mass is 10.1. The molecule has 1 aliphatic rings. The fraction of sp³-hybridized carbons (Fsp3) is 0.208. The Hall–Kier alpha value is -4.27. The van der Waals surface area contributed by atoms with Crippen molar-refractivity contribution in [1.82, 2.24) is 0 Å². The first-order chi connectivity index (χ1) is 15.9. The molecule has 0 aromatic heterocycles. The number of carboxylic acid groups (broad SMARTS) is 1. The number of benzene rings is 3. The molecule has 0 bridgehead atoms. The standard InChI is InChI=1S/C24H23N3O6/c1-31-19-8-4-17-11-20(9-5-16(17)10-19)32-14-21-13-27(24(30)33-21)18-6-2-15(3-7-18)23(25)26-12-22(28)29/h2-11,21H,12-14H2,1H3,(H2,25,26)(H,28,29). The summed E-state index contributed by atoms with van der Waals surface area (Å²) >= 11 is 0. The van der Waals surface area contributed by atoms with E-state index in [9.17, 15) is 9.59 Å². The number of aliphatic imine (C=N–C) groups is 1. The number of hydrogen-bond donors (Lipinski definition) is 2. The van der Waals surface area contributed by atoms with Crippen molar-refractivity contribution in [1.29, 1.82) is 0 Å². The largest absolute Gasteiger partial charge is 0.497 e. The molecule has 4 rings (SSSR count). The van der Waals surface area contributed by atoms with Gasteiger partial charge in [0, 0.05) is 11.3 Å². The second-order valence-electron chi connectivity index (χ2n) is 7.44. The minimum Gasteiger partial charge on any atom is -0.497 e. The van der Waals surface area contributed by atoms with Crippen LogP contribution in [0, 0.1) is 0 Å². The zero-order chi connectivity index (χ0) is 23.4. The Kier molecular flexibility index (Phi) is 6.30. The molecule has 1 aliphatic heterocycles. The van der Waals surface area contributed by atoms with E-state index >= 15 is 0 Å². The second-order valence-corrected chi connectivity index (χ2v) is 7.44. The lowest BCUT2D eigenvalue weighted by Gasteiger charge is -2.14. The number of carbonyl (C=O) groups excluding carboxylic acids is 1. The minimum absolute atomic E-state index is 0.119. The van der Waals surface area contributed by atoms with Gasteiger partial charge in [-0.25, -0.2) is 4.79 Å². The van der Waals surface area contributed by atoms with Gasteiger partial charge < -0.3 is 25.1 Å². The average molecular weight is 449 g/mol. The molecule has 1 saturated heterocycles. The normalized spacial score (nSPS) is 16.0. The van der Waals surface area contributed by atoms with Crippen molar-refractivity contribution >= 4 is 34.4 Å². The van der Waals surface area contributed by atoms with Crippen molar-refractivity contribution in [3.05, 3.63) is 66.2 Å². The number of aliphatic carboxylic acids is 1. The van der Waals surface area contributed by atoms with Crippen LogP contribution in [0.5, 0.6) is 11.5 Å². The Morgan fingerprint density at radius 1 is 1.12 bits per heavy atom. The van der Waals surface area contributed by atoms with Crippen LogP contribution >= 0.6 is 0 Å². The molecule has 1 heterocycles. The van der Waals surface area contributed by atoms with Crippen molar-refractivity contribution in [3.8, 4) is 11.5 Å². The van der Waals surface area contributed by atoms with Gasteiger partial charge in [0.05, 0.1) is 13.7 Å². The van der Waals surface area contributed by atoms with Crippen molar-refractivity contribution in [3.63, 3.8) is 0 Å². The molecule has 33 heavy (non-hydrogen) atoms. The highest BCUT2D eigenvalue weighted by Crippen LogP contribution is 2.26. The first-order valence-electron chi connectivity index (χ1n) is 10.2. The minimum atomic E-state index is -1.06. The fourth-order valence-corrected chi connectivity index (χ4v) is 3.48. The van der Waals surface area contributed by atoms with Gasteiger partial charge in [-0.1, -0.05) is 12.1 Å². The van der Waals surface area contributed by atoms with E-state index in [-0.39, 0.29) is 12.4 Å². The lowest BCUT2D eigenvalue weighted by molar-refractivity contribution is -0.135. The number of anilines is 1. The van der Waals surface area contributed by atoms with Gasteiger partial charge in [-0.3, -0.25) is 14.7 Å². The summed E-state index contributed by atoms with van der Waals surface area (Å²) in [5, 5.41) is 10.8. The van der Waals surface area contributed by atoms with E-state index in [2.05, 4.69) is 4.99 Å². The van der Waals surface area contributed by atoms with Crippen molar-refractivity contribution in [2.24, 2.45) is 10.7 Å². The van der Waals surface area contributed by atoms with E-state index in [1.165, 1.54) is 4.90 Å². The highest BCUT2D eigenvalue weighted by molar-refractivity contribution is 5.99. The van der Waals surface area contributed by atoms with Crippen LogP contribution in [0.1, 0.15) is 5.56 Å². The van der Waals surface area contributed by atoms with E-state index in [0.717, 1.165) is 16.5 Å². The number of carboxylic acids is 1. The number of nitrogens with two attached hydrogens (primary N) is 1. The Morgan fingerprint density at radius 2 is 1.79 bits per heavy atom. The van der Waals surface area contributed by atoms with E-state index in [1.807, 2.05) is 36.4 Å². The smallest absolute Gasteiger partial charge is 0.414 e. The predicted octanol–water partition coefficient (Wildman–Crippen LogP) is 3.04. The third-order valence-corrected chi connectivity index (χ3v) is 5.19. The van der Waals surface area contributed by atoms with Crippen LogP contribution in [-0.4, -0.2) is 55.9 Å². The molecule has 0 spiro atoms. The maximum absolute atomic E-state index is 12.4. The maximum Gasteiger partial charge on any atom is 0.414 e. The number of cyclic esters (lactones) is 1. The molecule has 3 aromatic carbocycles. The monoisotopic (exact) mass is 449 g/mol. The molecule has 3 N–H and O–H groups in total. The number of fused-ring (bicyclic) bond motifs is 1. The molecule has 9 nitrogen and oxygen atoms in total. The fourth-order valence-electron chi connectivity index (χ4n) is 3.48. The number of rotatable bonds is 8. The molecule has 3 aromatic rings. The van der Waals surface area contributed by atoms with Gasteiger partial charge >= 0.3 is 12.1 Å². The van der Waals surface area contributed by atoms with Gasteiger partial charge in [0.2, 0.25) is 0 Å². The van der Waals surface area contributed by atoms with E-state index in [4.69, 9.17) is 25.1 Å². The third-order valence-electron chi connectivity index (χ3n) is 5.19. The van der Waals surface area contributed by atoms with Crippen molar-refractivity contribution in [2.45, 2.75) is 6.10 Å². The zero-order valence-corrected chi connectivity index (χ0v) is 17.9. The molecule has 170 valence electrons. The summed E-state index contributed by atoms with van der Waals surface area (Å²) in [7, 11) is 1.63. The Morgan fingerprint density at radius 3 is 2.45 bits per heavy atom. The number of amidine groups is 1. The highest BCUT2D eigenvalue weighted by atomic mass is 16.6. The average Bonchev–Trinajstić information content (AvgIpc) is 3.21. The maximum atomic E-state index is 12.4. The second kappa shape index (κ2) is 9.47. The van der Waals surface area contributed by atoms with Gasteiger partial charge in [-0.2, -0.15) is 0 Å². The number of amides is 1. The Labute approximate surface area is 190 Å². The van der Waals surface area contributed by atoms with Crippen LogP contribution < -0.4 is 20.1 Å². The molecule has 1 amide bonds. The lowest BCUT2D eigenvalue weighted by Crippen LogP contribution is -2.26. The summed E-state index contributed by atoms with van der Waals surface area (Å²) < 4.78 is 16.6. The first-order valence-corrected chi connectivity index (χ1v) is 10.2. The summed E-state index contributed by atoms with van der Waals surface area (Å²) in [6, 6.07) is 18.3. The van der Waals surface area contributed by atoms with Crippen LogP contribution in [0.2, 0.25) is 0 Å². The van der Waals surface area contributed by atoms with Crippen LogP contribution in [0.15, 0.2) is 65.7 Å². The first kappa shape index (κ1) is 21.9. The summed E-state index contributed by atoms with van der Waals surface area (Å²) in [4.78, 5) is 28.3. The van der Waals surface area contributed by atoms with Gasteiger partial charge in [-0.05, 0) is 59.3 Å². The highest BCUT2D eigenvalue weighted by Gasteiger charge is 2.32. The Balaban J connectivity index is 1.37. The van der Waals surface area contributed by atoms with E-state index < -0.39 is 24.7 Å². The molecule has 9 heteroatoms. The molecule has 1 fully saturated rings. The molecule has 0 aliphatic carbocycles. The van der Waals surface area contributed by atoms with Crippen LogP contribution in [-0.2, 0) is 9.53 Å². The van der Waals surface area contributed by atoms with Crippen LogP contribution in [0.3, 0.4) is 0 Å². The SMILES string of the molecule is COc1ccc2cc(OCC3CN(c4ccc(C(N)=NCC(=O)O)cc4)C(=O)O3)ccc2c1. The number of hydrogen-bond acceptors (Lipinski definition) is 6. The number of nitrogens with zero attached hydrogens (tertiary/aromatic N) is 2. The summed E-state index contributed by atoms with van der Waals surface area (Å²) in [5.41, 5.74) is 7.01. The summed E-state index contributed by atoms with van der Waals surface area (Å²) in [6.07, 6.45) is -0.889. The Bertz CT molecular complexity index is 1210. The molecule has 1 atom stereocenters.